The molecule has 0 atom stereocenters. The van der Waals surface area contributed by atoms with E-state index in [1.807, 2.05) is 48.5 Å². The number of rotatable bonds is 5. The minimum atomic E-state index is 0.605. The van der Waals surface area contributed by atoms with E-state index in [0.717, 1.165) is 55.4 Å². The number of hydrogen-bond donors (Lipinski definition) is 0. The lowest BCUT2D eigenvalue weighted by molar-refractivity contribution is 0.669. The Balaban J connectivity index is 1.14. The number of furan rings is 1. The van der Waals surface area contributed by atoms with Crippen molar-refractivity contribution in [2.24, 2.45) is 0 Å². The lowest BCUT2D eigenvalue weighted by atomic mass is 10.0. The smallest absolute Gasteiger partial charge is 0.164 e. The standard InChI is InChI=1S/C45H28N4O/c1-3-12-29(13-4-1)31-16-11-17-32(26-31)44-46-43(30-14-5-2-6-15-30)47-45(48-44)33-22-24-41-37(27-33)38-28-34(23-25-42(38)50-41)49-39-20-9-7-18-35(39)36-19-8-10-21-40(36)49/h1-28H. The number of para-hydroxylation sites is 2. The fourth-order valence-electron chi connectivity index (χ4n) is 7.06. The van der Waals surface area contributed by atoms with Crippen molar-refractivity contribution >= 4 is 43.7 Å². The van der Waals surface area contributed by atoms with Crippen LogP contribution in [-0.4, -0.2) is 19.5 Å². The fraction of sp³-hybridized carbons (Fsp3) is 0. The third-order valence-electron chi connectivity index (χ3n) is 9.44. The molecule has 7 aromatic carbocycles. The highest BCUT2D eigenvalue weighted by molar-refractivity contribution is 6.11. The van der Waals surface area contributed by atoms with Gasteiger partial charge in [0.05, 0.1) is 11.0 Å². The number of nitrogens with zero attached hydrogens (tertiary/aromatic N) is 4. The zero-order chi connectivity index (χ0) is 33.0. The number of hydrogen-bond acceptors (Lipinski definition) is 4. The Morgan fingerprint density at radius 3 is 1.52 bits per heavy atom. The molecule has 10 rings (SSSR count). The maximum Gasteiger partial charge on any atom is 0.164 e. The van der Waals surface area contributed by atoms with Gasteiger partial charge in [-0.05, 0) is 65.7 Å². The Hall–Kier alpha value is -6.85. The third-order valence-corrected chi connectivity index (χ3v) is 9.44. The molecule has 234 valence electrons. The van der Waals surface area contributed by atoms with Gasteiger partial charge >= 0.3 is 0 Å². The van der Waals surface area contributed by atoms with E-state index in [1.54, 1.807) is 0 Å². The Morgan fingerprint density at radius 2 is 0.840 bits per heavy atom. The minimum Gasteiger partial charge on any atom is -0.456 e. The molecule has 0 N–H and O–H groups in total. The molecule has 5 heteroatoms. The van der Waals surface area contributed by atoms with Gasteiger partial charge in [-0.3, -0.25) is 0 Å². The van der Waals surface area contributed by atoms with E-state index >= 15 is 0 Å². The molecule has 0 fully saturated rings. The summed E-state index contributed by atoms with van der Waals surface area (Å²) in [6.45, 7) is 0. The molecule has 3 heterocycles. The first-order valence-electron chi connectivity index (χ1n) is 16.7. The van der Waals surface area contributed by atoms with E-state index in [2.05, 4.69) is 126 Å². The van der Waals surface area contributed by atoms with E-state index < -0.39 is 0 Å². The Morgan fingerprint density at radius 1 is 0.340 bits per heavy atom. The van der Waals surface area contributed by atoms with Crippen molar-refractivity contribution in [2.75, 3.05) is 0 Å². The Kier molecular flexibility index (Phi) is 6.42. The highest BCUT2D eigenvalue weighted by Gasteiger charge is 2.17. The van der Waals surface area contributed by atoms with E-state index in [0.29, 0.717) is 17.5 Å². The van der Waals surface area contributed by atoms with Gasteiger partial charge in [0.15, 0.2) is 17.5 Å². The van der Waals surface area contributed by atoms with Crippen molar-refractivity contribution < 1.29 is 4.42 Å². The van der Waals surface area contributed by atoms with Crippen LogP contribution in [0.3, 0.4) is 0 Å². The molecule has 0 unspecified atom stereocenters. The lowest BCUT2D eigenvalue weighted by Crippen LogP contribution is -2.00. The molecule has 0 amide bonds. The van der Waals surface area contributed by atoms with E-state index in [4.69, 9.17) is 19.4 Å². The van der Waals surface area contributed by atoms with Crippen LogP contribution in [0.2, 0.25) is 0 Å². The summed E-state index contributed by atoms with van der Waals surface area (Å²) < 4.78 is 8.70. The van der Waals surface area contributed by atoms with E-state index in [1.165, 1.54) is 21.8 Å². The van der Waals surface area contributed by atoms with Gasteiger partial charge < -0.3 is 8.98 Å². The van der Waals surface area contributed by atoms with Crippen LogP contribution in [-0.2, 0) is 0 Å². The molecule has 0 saturated carbocycles. The van der Waals surface area contributed by atoms with E-state index in [-0.39, 0.29) is 0 Å². The van der Waals surface area contributed by atoms with Crippen LogP contribution < -0.4 is 0 Å². The van der Waals surface area contributed by atoms with Gasteiger partial charge in [-0.15, -0.1) is 0 Å². The van der Waals surface area contributed by atoms with Gasteiger partial charge in [-0.25, -0.2) is 15.0 Å². The van der Waals surface area contributed by atoms with Crippen molar-refractivity contribution in [1.82, 2.24) is 19.5 Å². The van der Waals surface area contributed by atoms with Crippen molar-refractivity contribution in [3.8, 4) is 51.0 Å². The number of benzene rings is 7. The quantitative estimate of drug-likeness (QED) is 0.188. The average molecular weight is 641 g/mol. The summed E-state index contributed by atoms with van der Waals surface area (Å²) in [6, 6.07) is 58.6. The Labute approximate surface area is 287 Å². The number of fused-ring (bicyclic) bond motifs is 6. The lowest BCUT2D eigenvalue weighted by Gasteiger charge is -2.10. The molecule has 0 spiro atoms. The molecule has 3 aromatic heterocycles. The van der Waals surface area contributed by atoms with Crippen molar-refractivity contribution in [2.45, 2.75) is 0 Å². The van der Waals surface area contributed by atoms with Crippen molar-refractivity contribution in [3.05, 3.63) is 170 Å². The topological polar surface area (TPSA) is 56.7 Å². The maximum atomic E-state index is 6.37. The van der Waals surface area contributed by atoms with Gasteiger partial charge in [0, 0.05) is 43.9 Å². The Bertz CT molecular complexity index is 2820. The molecule has 0 radical (unpaired) electrons. The SMILES string of the molecule is c1ccc(-c2cccc(-c3nc(-c4ccccc4)nc(-c4ccc5oc6ccc(-n7c8ccccc8c8ccccc87)cc6c5c4)n3)c2)cc1. The molecule has 5 nitrogen and oxygen atoms in total. The summed E-state index contributed by atoms with van der Waals surface area (Å²) >= 11 is 0. The molecule has 0 saturated heterocycles. The van der Waals surface area contributed by atoms with Crippen molar-refractivity contribution in [3.63, 3.8) is 0 Å². The minimum absolute atomic E-state index is 0.605. The van der Waals surface area contributed by atoms with Crippen LogP contribution in [0.5, 0.6) is 0 Å². The predicted molar refractivity (Wildman–Crippen MR) is 203 cm³/mol. The van der Waals surface area contributed by atoms with Gasteiger partial charge in [-0.1, -0.05) is 115 Å². The van der Waals surface area contributed by atoms with E-state index in [9.17, 15) is 0 Å². The van der Waals surface area contributed by atoms with Gasteiger partial charge in [-0.2, -0.15) is 0 Å². The third kappa shape index (κ3) is 4.67. The summed E-state index contributed by atoms with van der Waals surface area (Å²) in [7, 11) is 0. The van der Waals surface area contributed by atoms with Crippen LogP contribution in [0.1, 0.15) is 0 Å². The monoisotopic (exact) mass is 640 g/mol. The van der Waals surface area contributed by atoms with Crippen LogP contribution in [0.4, 0.5) is 0 Å². The molecular formula is C45H28N4O. The highest BCUT2D eigenvalue weighted by atomic mass is 16.3. The summed E-state index contributed by atoms with van der Waals surface area (Å²) in [6.07, 6.45) is 0. The number of aromatic nitrogens is 4. The molecule has 0 aliphatic rings. The second kappa shape index (κ2) is 11.4. The zero-order valence-corrected chi connectivity index (χ0v) is 26.9. The summed E-state index contributed by atoms with van der Waals surface area (Å²) in [5.41, 5.74) is 10.1. The van der Waals surface area contributed by atoms with Crippen molar-refractivity contribution in [1.29, 1.82) is 0 Å². The molecular weight excluding hydrogens is 613 g/mol. The molecule has 0 bridgehead atoms. The molecule has 0 aliphatic heterocycles. The first-order valence-corrected chi connectivity index (χ1v) is 16.7. The average Bonchev–Trinajstić information content (AvgIpc) is 3.73. The second-order valence-corrected chi connectivity index (χ2v) is 12.5. The largest absolute Gasteiger partial charge is 0.456 e. The normalized spacial score (nSPS) is 11.6. The predicted octanol–water partition coefficient (Wildman–Crippen LogP) is 11.5. The molecule has 10 aromatic rings. The maximum absolute atomic E-state index is 6.37. The van der Waals surface area contributed by atoms with Crippen LogP contribution in [0, 0.1) is 0 Å². The summed E-state index contributed by atoms with van der Waals surface area (Å²) in [4.78, 5) is 15.1. The van der Waals surface area contributed by atoms with Crippen LogP contribution >= 0.6 is 0 Å². The zero-order valence-electron chi connectivity index (χ0n) is 26.9. The first-order chi connectivity index (χ1) is 24.8. The second-order valence-electron chi connectivity index (χ2n) is 12.5. The van der Waals surface area contributed by atoms with Crippen LogP contribution in [0.25, 0.3) is 94.7 Å². The van der Waals surface area contributed by atoms with Gasteiger partial charge in [0.2, 0.25) is 0 Å². The molecule has 0 aliphatic carbocycles. The van der Waals surface area contributed by atoms with Crippen LogP contribution in [0.15, 0.2) is 174 Å². The summed E-state index contributed by atoms with van der Waals surface area (Å²) in [5.74, 6) is 1.85. The van der Waals surface area contributed by atoms with Gasteiger partial charge in [0.25, 0.3) is 0 Å². The fourth-order valence-corrected chi connectivity index (χ4v) is 7.06. The first kappa shape index (κ1) is 28.2. The summed E-state index contributed by atoms with van der Waals surface area (Å²) in [5, 5.41) is 4.51. The van der Waals surface area contributed by atoms with Gasteiger partial charge in [0.1, 0.15) is 11.2 Å². The highest BCUT2D eigenvalue weighted by Crippen LogP contribution is 2.37. The molecule has 50 heavy (non-hydrogen) atoms.